The van der Waals surface area contributed by atoms with Crippen molar-refractivity contribution in [2.24, 2.45) is 5.92 Å². The van der Waals surface area contributed by atoms with Gasteiger partial charge in [-0.1, -0.05) is 43.7 Å². The molecule has 0 atom stereocenters. The first-order valence-electron chi connectivity index (χ1n) is 3.98. The van der Waals surface area contributed by atoms with Gasteiger partial charge in [0, 0.05) is 6.20 Å². The Morgan fingerprint density at radius 3 is 2.67 bits per heavy atom. The molecule has 0 N–H and O–H groups in total. The molecule has 0 fully saturated rings. The molecule has 0 amide bonds. The quantitative estimate of drug-likeness (QED) is 0.638. The van der Waals surface area contributed by atoms with Crippen LogP contribution in [0.4, 0.5) is 0 Å². The largest absolute Gasteiger partial charge is 0.244 e. The monoisotopic (exact) mass is 181 g/mol. The van der Waals surface area contributed by atoms with Crippen LogP contribution in [0, 0.1) is 5.92 Å². The molecule has 0 aliphatic rings. The topological polar surface area (TPSA) is 12.9 Å². The van der Waals surface area contributed by atoms with Crippen molar-refractivity contribution in [1.29, 1.82) is 0 Å². The molecule has 64 valence electrons. The summed E-state index contributed by atoms with van der Waals surface area (Å²) in [4.78, 5) is 3.97. The average Bonchev–Trinajstić information content (AvgIpc) is 2.03. The molecular formula is C10H12ClN. The Hall–Kier alpha value is -0.820. The summed E-state index contributed by atoms with van der Waals surface area (Å²) >= 11 is 5.64. The second kappa shape index (κ2) is 4.27. The van der Waals surface area contributed by atoms with Gasteiger partial charge in [-0.15, -0.1) is 0 Å². The zero-order valence-electron chi connectivity index (χ0n) is 7.29. The summed E-state index contributed by atoms with van der Waals surface area (Å²) < 4.78 is 0. The highest BCUT2D eigenvalue weighted by Gasteiger charge is 1.89. The predicted molar refractivity (Wildman–Crippen MR) is 53.1 cm³/mol. The number of rotatable bonds is 2. The summed E-state index contributed by atoms with van der Waals surface area (Å²) in [5.74, 6) is 0.570. The molecule has 2 heteroatoms. The van der Waals surface area contributed by atoms with Gasteiger partial charge in [-0.3, -0.25) is 0 Å². The molecule has 1 rings (SSSR count). The lowest BCUT2D eigenvalue weighted by Gasteiger charge is -1.94. The molecule has 0 unspecified atom stereocenters. The minimum Gasteiger partial charge on any atom is -0.244 e. The fraction of sp³-hybridized carbons (Fsp3) is 0.300. The van der Waals surface area contributed by atoms with Crippen LogP contribution >= 0.6 is 11.6 Å². The highest BCUT2D eigenvalue weighted by Crippen LogP contribution is 2.07. The van der Waals surface area contributed by atoms with Gasteiger partial charge in [0.15, 0.2) is 0 Å². The van der Waals surface area contributed by atoms with E-state index in [0.717, 1.165) is 5.56 Å². The van der Waals surface area contributed by atoms with Gasteiger partial charge in [0.25, 0.3) is 0 Å². The van der Waals surface area contributed by atoms with Crippen LogP contribution in [0.15, 0.2) is 24.4 Å². The van der Waals surface area contributed by atoms with Crippen molar-refractivity contribution >= 4 is 17.7 Å². The van der Waals surface area contributed by atoms with Crippen molar-refractivity contribution in [3.63, 3.8) is 0 Å². The van der Waals surface area contributed by atoms with E-state index in [-0.39, 0.29) is 0 Å². The van der Waals surface area contributed by atoms with E-state index in [2.05, 4.69) is 24.9 Å². The lowest BCUT2D eigenvalue weighted by molar-refractivity contribution is 0.836. The van der Waals surface area contributed by atoms with Gasteiger partial charge >= 0.3 is 0 Å². The summed E-state index contributed by atoms with van der Waals surface area (Å²) in [6.45, 7) is 4.28. The number of aromatic nitrogens is 1. The third-order valence-corrected chi connectivity index (χ3v) is 1.65. The molecule has 1 heterocycles. The van der Waals surface area contributed by atoms with Crippen LogP contribution in [0.2, 0.25) is 5.15 Å². The molecule has 0 aromatic carbocycles. The van der Waals surface area contributed by atoms with Crippen molar-refractivity contribution in [3.05, 3.63) is 35.1 Å². The van der Waals surface area contributed by atoms with E-state index in [1.54, 1.807) is 12.3 Å². The number of allylic oxidation sites excluding steroid dienone is 1. The highest BCUT2D eigenvalue weighted by molar-refractivity contribution is 6.29. The second-order valence-electron chi connectivity index (χ2n) is 3.02. The summed E-state index contributed by atoms with van der Waals surface area (Å²) in [5, 5.41) is 0.539. The van der Waals surface area contributed by atoms with Gasteiger partial charge in [-0.25, -0.2) is 4.98 Å². The van der Waals surface area contributed by atoms with E-state index in [0.29, 0.717) is 11.1 Å². The Balaban J connectivity index is 2.71. The Bertz CT molecular complexity index is 262. The lowest BCUT2D eigenvalue weighted by atomic mass is 10.1. The SMILES string of the molecule is CC(C)/C=C\c1ccc(Cl)nc1. The Morgan fingerprint density at radius 1 is 1.42 bits per heavy atom. The summed E-state index contributed by atoms with van der Waals surface area (Å²) in [6.07, 6.45) is 5.94. The molecular weight excluding hydrogens is 170 g/mol. The van der Waals surface area contributed by atoms with Gasteiger partial charge < -0.3 is 0 Å². The van der Waals surface area contributed by atoms with E-state index in [1.807, 2.05) is 12.1 Å². The first kappa shape index (κ1) is 9.27. The van der Waals surface area contributed by atoms with Crippen molar-refractivity contribution < 1.29 is 0 Å². The van der Waals surface area contributed by atoms with Gasteiger partial charge in [-0.05, 0) is 17.5 Å². The maximum atomic E-state index is 5.64. The van der Waals surface area contributed by atoms with E-state index in [1.165, 1.54) is 0 Å². The fourth-order valence-electron chi connectivity index (χ4n) is 0.789. The fourth-order valence-corrected chi connectivity index (χ4v) is 0.901. The van der Waals surface area contributed by atoms with Crippen LogP contribution in [0.25, 0.3) is 6.08 Å². The summed E-state index contributed by atoms with van der Waals surface area (Å²) in [7, 11) is 0. The maximum absolute atomic E-state index is 5.64. The molecule has 1 aromatic heterocycles. The smallest absolute Gasteiger partial charge is 0.129 e. The number of nitrogens with zero attached hydrogens (tertiary/aromatic N) is 1. The Labute approximate surface area is 78.1 Å². The first-order chi connectivity index (χ1) is 5.68. The molecule has 0 saturated carbocycles. The molecule has 0 aliphatic carbocycles. The molecule has 1 aromatic rings. The van der Waals surface area contributed by atoms with Crippen LogP contribution in [0.1, 0.15) is 19.4 Å². The predicted octanol–water partition coefficient (Wildman–Crippen LogP) is 3.40. The molecule has 0 bridgehead atoms. The number of halogens is 1. The molecule has 0 saturated heterocycles. The number of pyridine rings is 1. The Morgan fingerprint density at radius 2 is 2.17 bits per heavy atom. The zero-order chi connectivity index (χ0) is 8.97. The van der Waals surface area contributed by atoms with Gasteiger partial charge in [0.05, 0.1) is 0 Å². The third kappa shape index (κ3) is 3.05. The Kier molecular flexibility index (Phi) is 3.30. The van der Waals surface area contributed by atoms with Crippen molar-refractivity contribution in [3.8, 4) is 0 Å². The average molecular weight is 182 g/mol. The zero-order valence-corrected chi connectivity index (χ0v) is 8.05. The second-order valence-corrected chi connectivity index (χ2v) is 3.40. The normalized spacial score (nSPS) is 11.3. The van der Waals surface area contributed by atoms with Gasteiger partial charge in [-0.2, -0.15) is 0 Å². The molecule has 0 aliphatic heterocycles. The summed E-state index contributed by atoms with van der Waals surface area (Å²) in [6, 6.07) is 3.75. The third-order valence-electron chi connectivity index (χ3n) is 1.42. The van der Waals surface area contributed by atoms with Crippen LogP contribution in [0.3, 0.4) is 0 Å². The van der Waals surface area contributed by atoms with Crippen molar-refractivity contribution in [2.75, 3.05) is 0 Å². The minimum absolute atomic E-state index is 0.539. The van der Waals surface area contributed by atoms with Crippen molar-refractivity contribution in [1.82, 2.24) is 4.98 Å². The highest BCUT2D eigenvalue weighted by atomic mass is 35.5. The summed E-state index contributed by atoms with van der Waals surface area (Å²) in [5.41, 5.74) is 1.09. The number of hydrogen-bond acceptors (Lipinski definition) is 1. The standard InChI is InChI=1S/C10H12ClN/c1-8(2)3-4-9-5-6-10(11)12-7-9/h3-8H,1-2H3/b4-3-. The van der Waals surface area contributed by atoms with Gasteiger partial charge in [0.1, 0.15) is 5.15 Å². The van der Waals surface area contributed by atoms with Crippen LogP contribution in [-0.2, 0) is 0 Å². The van der Waals surface area contributed by atoms with E-state index in [4.69, 9.17) is 11.6 Å². The van der Waals surface area contributed by atoms with Crippen LogP contribution < -0.4 is 0 Å². The molecule has 1 nitrogen and oxygen atoms in total. The van der Waals surface area contributed by atoms with E-state index in [9.17, 15) is 0 Å². The maximum Gasteiger partial charge on any atom is 0.129 e. The first-order valence-corrected chi connectivity index (χ1v) is 4.36. The molecule has 12 heavy (non-hydrogen) atoms. The lowest BCUT2D eigenvalue weighted by Crippen LogP contribution is -1.79. The molecule has 0 radical (unpaired) electrons. The van der Waals surface area contributed by atoms with Crippen molar-refractivity contribution in [2.45, 2.75) is 13.8 Å². The van der Waals surface area contributed by atoms with Crippen LogP contribution in [-0.4, -0.2) is 4.98 Å². The van der Waals surface area contributed by atoms with Gasteiger partial charge in [0.2, 0.25) is 0 Å². The van der Waals surface area contributed by atoms with E-state index < -0.39 is 0 Å². The number of hydrogen-bond donors (Lipinski definition) is 0. The molecule has 0 spiro atoms. The van der Waals surface area contributed by atoms with Crippen LogP contribution in [0.5, 0.6) is 0 Å². The minimum atomic E-state index is 0.539. The van der Waals surface area contributed by atoms with E-state index >= 15 is 0 Å².